The number of hydrogen-bond acceptors (Lipinski definition) is 2. The second-order valence-electron chi connectivity index (χ2n) is 4.58. The lowest BCUT2D eigenvalue weighted by atomic mass is 10.00. The van der Waals surface area contributed by atoms with Gasteiger partial charge in [0, 0.05) is 17.8 Å². The summed E-state index contributed by atoms with van der Waals surface area (Å²) >= 11 is 0. The van der Waals surface area contributed by atoms with Crippen molar-refractivity contribution in [2.45, 2.75) is 19.4 Å². The number of anilines is 1. The van der Waals surface area contributed by atoms with Gasteiger partial charge in [-0.05, 0) is 30.5 Å². The van der Waals surface area contributed by atoms with Crippen molar-refractivity contribution in [3.8, 4) is 5.75 Å². The monoisotopic (exact) mass is 239 g/mol. The van der Waals surface area contributed by atoms with Crippen LogP contribution in [-0.2, 0) is 13.0 Å². The Morgan fingerprint density at radius 3 is 2.78 bits per heavy atom. The van der Waals surface area contributed by atoms with Gasteiger partial charge in [-0.1, -0.05) is 36.4 Å². The highest BCUT2D eigenvalue weighted by Crippen LogP contribution is 2.27. The van der Waals surface area contributed by atoms with Crippen molar-refractivity contribution in [1.29, 1.82) is 0 Å². The predicted octanol–water partition coefficient (Wildman–Crippen LogP) is 3.62. The van der Waals surface area contributed by atoms with Crippen LogP contribution in [0.15, 0.2) is 48.5 Å². The smallest absolute Gasteiger partial charge is 0.119 e. The quantitative estimate of drug-likeness (QED) is 0.883. The SMILES string of the molecule is c1ccc(OCc2cccc3c2NCCC3)cc1. The molecule has 0 amide bonds. The molecule has 2 heteroatoms. The molecule has 1 heterocycles. The minimum atomic E-state index is 0.625. The minimum absolute atomic E-state index is 0.625. The first-order chi connectivity index (χ1) is 8.93. The molecule has 0 bridgehead atoms. The fourth-order valence-corrected chi connectivity index (χ4v) is 2.38. The van der Waals surface area contributed by atoms with Gasteiger partial charge in [0.15, 0.2) is 0 Å². The summed E-state index contributed by atoms with van der Waals surface area (Å²) in [5.41, 5.74) is 3.94. The van der Waals surface area contributed by atoms with Gasteiger partial charge >= 0.3 is 0 Å². The Balaban J connectivity index is 1.77. The molecule has 0 radical (unpaired) electrons. The van der Waals surface area contributed by atoms with Gasteiger partial charge in [0.1, 0.15) is 12.4 Å². The average Bonchev–Trinajstić information content (AvgIpc) is 2.46. The van der Waals surface area contributed by atoms with Crippen molar-refractivity contribution < 1.29 is 4.74 Å². The summed E-state index contributed by atoms with van der Waals surface area (Å²) in [6.07, 6.45) is 2.39. The highest BCUT2D eigenvalue weighted by molar-refractivity contribution is 5.59. The molecule has 3 rings (SSSR count). The van der Waals surface area contributed by atoms with E-state index in [-0.39, 0.29) is 0 Å². The lowest BCUT2D eigenvalue weighted by Crippen LogP contribution is -2.14. The van der Waals surface area contributed by atoms with E-state index in [1.165, 1.54) is 29.7 Å². The Hall–Kier alpha value is -1.96. The van der Waals surface area contributed by atoms with Crippen LogP contribution >= 0.6 is 0 Å². The van der Waals surface area contributed by atoms with E-state index in [0.717, 1.165) is 12.3 Å². The highest BCUT2D eigenvalue weighted by atomic mass is 16.5. The first kappa shape index (κ1) is 11.1. The third-order valence-electron chi connectivity index (χ3n) is 3.30. The Morgan fingerprint density at radius 1 is 1.00 bits per heavy atom. The molecule has 18 heavy (non-hydrogen) atoms. The van der Waals surface area contributed by atoms with Crippen LogP contribution in [0.2, 0.25) is 0 Å². The topological polar surface area (TPSA) is 21.3 Å². The summed E-state index contributed by atoms with van der Waals surface area (Å²) in [6.45, 7) is 1.69. The molecular weight excluding hydrogens is 222 g/mol. The lowest BCUT2D eigenvalue weighted by molar-refractivity contribution is 0.306. The molecule has 0 atom stereocenters. The number of para-hydroxylation sites is 2. The van der Waals surface area contributed by atoms with Crippen LogP contribution in [0.25, 0.3) is 0 Å². The maximum atomic E-state index is 5.82. The zero-order valence-corrected chi connectivity index (χ0v) is 10.4. The molecule has 1 aliphatic rings. The van der Waals surface area contributed by atoms with E-state index in [1.54, 1.807) is 0 Å². The van der Waals surface area contributed by atoms with Gasteiger partial charge in [-0.2, -0.15) is 0 Å². The molecule has 1 aliphatic heterocycles. The van der Waals surface area contributed by atoms with E-state index in [1.807, 2.05) is 30.3 Å². The summed E-state index contributed by atoms with van der Waals surface area (Å²) in [4.78, 5) is 0. The van der Waals surface area contributed by atoms with Crippen LogP contribution in [0.3, 0.4) is 0 Å². The third-order valence-corrected chi connectivity index (χ3v) is 3.30. The van der Waals surface area contributed by atoms with Gasteiger partial charge in [0.25, 0.3) is 0 Å². The fourth-order valence-electron chi connectivity index (χ4n) is 2.38. The molecule has 0 saturated heterocycles. The molecule has 0 spiro atoms. The van der Waals surface area contributed by atoms with E-state index in [2.05, 4.69) is 23.5 Å². The molecule has 92 valence electrons. The molecule has 2 nitrogen and oxygen atoms in total. The zero-order valence-electron chi connectivity index (χ0n) is 10.4. The zero-order chi connectivity index (χ0) is 12.2. The second-order valence-corrected chi connectivity index (χ2v) is 4.58. The number of nitrogens with one attached hydrogen (secondary N) is 1. The highest BCUT2D eigenvalue weighted by Gasteiger charge is 2.12. The number of benzene rings is 2. The molecule has 0 fully saturated rings. The minimum Gasteiger partial charge on any atom is -0.489 e. The predicted molar refractivity (Wildman–Crippen MR) is 74.0 cm³/mol. The van der Waals surface area contributed by atoms with Gasteiger partial charge in [-0.15, -0.1) is 0 Å². The van der Waals surface area contributed by atoms with Crippen molar-refractivity contribution in [3.05, 3.63) is 59.7 Å². The molecule has 2 aromatic rings. The van der Waals surface area contributed by atoms with Crippen LogP contribution < -0.4 is 10.1 Å². The molecule has 0 unspecified atom stereocenters. The Labute approximate surface area is 108 Å². The maximum Gasteiger partial charge on any atom is 0.119 e. The standard InChI is InChI=1S/C16H17NO/c1-2-9-15(10-3-1)18-12-14-7-4-6-13-8-5-11-17-16(13)14/h1-4,6-7,9-10,17H,5,8,11-12H2. The summed E-state index contributed by atoms with van der Waals surface area (Å²) in [5, 5.41) is 3.49. The van der Waals surface area contributed by atoms with Gasteiger partial charge < -0.3 is 10.1 Å². The maximum absolute atomic E-state index is 5.82. The lowest BCUT2D eigenvalue weighted by Gasteiger charge is -2.21. The van der Waals surface area contributed by atoms with E-state index in [0.29, 0.717) is 6.61 Å². The van der Waals surface area contributed by atoms with E-state index < -0.39 is 0 Å². The number of fused-ring (bicyclic) bond motifs is 1. The van der Waals surface area contributed by atoms with Crippen LogP contribution in [0.4, 0.5) is 5.69 Å². The first-order valence-electron chi connectivity index (χ1n) is 6.46. The van der Waals surface area contributed by atoms with Crippen molar-refractivity contribution in [3.63, 3.8) is 0 Å². The van der Waals surface area contributed by atoms with E-state index >= 15 is 0 Å². The van der Waals surface area contributed by atoms with Crippen LogP contribution in [-0.4, -0.2) is 6.54 Å². The normalized spacial score (nSPS) is 13.6. The van der Waals surface area contributed by atoms with Crippen LogP contribution in [0, 0.1) is 0 Å². The van der Waals surface area contributed by atoms with Gasteiger partial charge in [0.05, 0.1) is 0 Å². The number of ether oxygens (including phenoxy) is 1. The fraction of sp³-hybridized carbons (Fsp3) is 0.250. The Morgan fingerprint density at radius 2 is 1.89 bits per heavy atom. The third kappa shape index (κ3) is 2.33. The molecule has 1 N–H and O–H groups in total. The van der Waals surface area contributed by atoms with E-state index in [4.69, 9.17) is 4.74 Å². The second kappa shape index (κ2) is 5.13. The van der Waals surface area contributed by atoms with E-state index in [9.17, 15) is 0 Å². The first-order valence-corrected chi connectivity index (χ1v) is 6.46. The summed E-state index contributed by atoms with van der Waals surface area (Å²) in [5.74, 6) is 0.922. The van der Waals surface area contributed by atoms with Crippen molar-refractivity contribution in [2.75, 3.05) is 11.9 Å². The van der Waals surface area contributed by atoms with Gasteiger partial charge in [0.2, 0.25) is 0 Å². The Bertz CT molecular complexity index is 522. The summed E-state index contributed by atoms with van der Waals surface area (Å²) in [6, 6.07) is 16.4. The van der Waals surface area contributed by atoms with Crippen LogP contribution in [0.1, 0.15) is 17.5 Å². The largest absolute Gasteiger partial charge is 0.489 e. The number of aryl methyl sites for hydroxylation is 1. The molecule has 0 aromatic heterocycles. The van der Waals surface area contributed by atoms with Gasteiger partial charge in [-0.3, -0.25) is 0 Å². The average molecular weight is 239 g/mol. The molecular formula is C16H17NO. The van der Waals surface area contributed by atoms with Crippen LogP contribution in [0.5, 0.6) is 5.75 Å². The summed E-state index contributed by atoms with van der Waals surface area (Å²) in [7, 11) is 0. The Kier molecular flexibility index (Phi) is 3.18. The molecule has 0 saturated carbocycles. The van der Waals surface area contributed by atoms with Crippen molar-refractivity contribution >= 4 is 5.69 Å². The van der Waals surface area contributed by atoms with Crippen molar-refractivity contribution in [2.24, 2.45) is 0 Å². The molecule has 0 aliphatic carbocycles. The van der Waals surface area contributed by atoms with Gasteiger partial charge in [-0.25, -0.2) is 0 Å². The summed E-state index contributed by atoms with van der Waals surface area (Å²) < 4.78 is 5.82. The van der Waals surface area contributed by atoms with Crippen molar-refractivity contribution in [1.82, 2.24) is 0 Å². The number of rotatable bonds is 3. The molecule has 2 aromatic carbocycles. The number of hydrogen-bond donors (Lipinski definition) is 1.